The van der Waals surface area contributed by atoms with Gasteiger partial charge in [-0.05, 0) is 31.0 Å². The van der Waals surface area contributed by atoms with E-state index in [2.05, 4.69) is 21.3 Å². The van der Waals surface area contributed by atoms with Crippen LogP contribution >= 0.6 is 11.6 Å². The number of aromatic nitrogens is 2. The minimum absolute atomic E-state index is 0.102. The average Bonchev–Trinajstić information content (AvgIpc) is 2.97. The number of nitrogens with zero attached hydrogens (tertiary/aromatic N) is 3. The zero-order chi connectivity index (χ0) is 16.2. The van der Waals surface area contributed by atoms with Crippen molar-refractivity contribution in [1.82, 2.24) is 19.8 Å². The zero-order valence-electron chi connectivity index (χ0n) is 13.2. The molecule has 1 amide bonds. The maximum Gasteiger partial charge on any atom is 0.271 e. The van der Waals surface area contributed by atoms with Crippen molar-refractivity contribution in [2.75, 3.05) is 13.1 Å². The third-order valence-electron chi connectivity index (χ3n) is 4.13. The molecule has 1 aliphatic heterocycles. The fraction of sp³-hybridized carbons (Fsp3) is 0.412. The first-order chi connectivity index (χ1) is 11.1. The van der Waals surface area contributed by atoms with Gasteiger partial charge in [-0.1, -0.05) is 29.8 Å². The number of rotatable bonds is 4. The minimum atomic E-state index is -0.102. The van der Waals surface area contributed by atoms with E-state index in [1.54, 1.807) is 17.1 Å². The standard InChI is InChI=1S/C17H21ClN4O/c1-21-11-16(19-12-21)17(23)20-14-6-4-8-22(10-14)9-13-5-2-3-7-15(13)18/h2-3,5,7,11-12,14H,4,6,8-10H2,1H3,(H,20,23). The Morgan fingerprint density at radius 2 is 2.26 bits per heavy atom. The number of aryl methyl sites for hydroxylation is 1. The Hall–Kier alpha value is -1.85. The highest BCUT2D eigenvalue weighted by atomic mass is 35.5. The normalized spacial score (nSPS) is 18.8. The van der Waals surface area contributed by atoms with Gasteiger partial charge < -0.3 is 9.88 Å². The van der Waals surface area contributed by atoms with E-state index in [-0.39, 0.29) is 11.9 Å². The lowest BCUT2D eigenvalue weighted by atomic mass is 10.0. The van der Waals surface area contributed by atoms with Crippen molar-refractivity contribution in [1.29, 1.82) is 0 Å². The van der Waals surface area contributed by atoms with Crippen molar-refractivity contribution in [2.24, 2.45) is 7.05 Å². The number of nitrogens with one attached hydrogen (secondary N) is 1. The van der Waals surface area contributed by atoms with Crippen molar-refractivity contribution in [3.8, 4) is 0 Å². The first-order valence-electron chi connectivity index (χ1n) is 7.86. The van der Waals surface area contributed by atoms with Crippen LogP contribution in [0, 0.1) is 0 Å². The monoisotopic (exact) mass is 332 g/mol. The zero-order valence-corrected chi connectivity index (χ0v) is 14.0. The smallest absolute Gasteiger partial charge is 0.271 e. The molecular formula is C17H21ClN4O. The summed E-state index contributed by atoms with van der Waals surface area (Å²) >= 11 is 6.24. The molecule has 3 rings (SSSR count). The second-order valence-electron chi connectivity index (χ2n) is 6.06. The van der Waals surface area contributed by atoms with Gasteiger partial charge in [0.05, 0.1) is 6.33 Å². The summed E-state index contributed by atoms with van der Waals surface area (Å²) in [6.45, 7) is 2.68. The molecule has 1 aromatic carbocycles. The third-order valence-corrected chi connectivity index (χ3v) is 4.50. The van der Waals surface area contributed by atoms with Gasteiger partial charge in [0.1, 0.15) is 5.69 Å². The number of halogens is 1. The van der Waals surface area contributed by atoms with E-state index < -0.39 is 0 Å². The summed E-state index contributed by atoms with van der Waals surface area (Å²) in [5.41, 5.74) is 1.60. The number of imidazole rings is 1. The summed E-state index contributed by atoms with van der Waals surface area (Å²) in [6.07, 6.45) is 5.44. The van der Waals surface area contributed by atoms with Gasteiger partial charge in [-0.25, -0.2) is 4.98 Å². The summed E-state index contributed by atoms with van der Waals surface area (Å²) in [7, 11) is 1.86. The summed E-state index contributed by atoms with van der Waals surface area (Å²) in [6, 6.07) is 8.07. The van der Waals surface area contributed by atoms with E-state index >= 15 is 0 Å². The van der Waals surface area contributed by atoms with Gasteiger partial charge in [0.2, 0.25) is 0 Å². The number of carbonyl (C=O) groups is 1. The number of hydrogen-bond acceptors (Lipinski definition) is 3. The molecule has 1 saturated heterocycles. The molecule has 1 unspecified atom stereocenters. The van der Waals surface area contributed by atoms with Gasteiger partial charge in [0.15, 0.2) is 0 Å². The van der Waals surface area contributed by atoms with Crippen LogP contribution in [-0.4, -0.2) is 39.5 Å². The predicted molar refractivity (Wildman–Crippen MR) is 90.4 cm³/mol. The molecule has 122 valence electrons. The fourth-order valence-electron chi connectivity index (χ4n) is 2.97. The van der Waals surface area contributed by atoms with Crippen molar-refractivity contribution < 1.29 is 4.79 Å². The summed E-state index contributed by atoms with van der Waals surface area (Å²) < 4.78 is 1.78. The molecule has 1 aliphatic rings. The van der Waals surface area contributed by atoms with Gasteiger partial charge >= 0.3 is 0 Å². The van der Waals surface area contributed by atoms with Crippen molar-refractivity contribution >= 4 is 17.5 Å². The Bertz CT molecular complexity index is 685. The number of hydrogen-bond donors (Lipinski definition) is 1. The largest absolute Gasteiger partial charge is 0.347 e. The lowest BCUT2D eigenvalue weighted by Gasteiger charge is -2.33. The van der Waals surface area contributed by atoms with E-state index in [1.165, 1.54) is 0 Å². The Labute approximate surface area is 141 Å². The maximum absolute atomic E-state index is 12.2. The summed E-state index contributed by atoms with van der Waals surface area (Å²) in [5.74, 6) is -0.102. The van der Waals surface area contributed by atoms with Crippen molar-refractivity contribution in [3.63, 3.8) is 0 Å². The fourth-order valence-corrected chi connectivity index (χ4v) is 3.17. The van der Waals surface area contributed by atoms with Crippen LogP contribution in [0.4, 0.5) is 0 Å². The molecule has 1 aromatic heterocycles. The van der Waals surface area contributed by atoms with E-state index in [0.29, 0.717) is 5.69 Å². The number of benzene rings is 1. The molecule has 23 heavy (non-hydrogen) atoms. The topological polar surface area (TPSA) is 50.2 Å². The molecule has 5 nitrogen and oxygen atoms in total. The molecule has 0 bridgehead atoms. The van der Waals surface area contributed by atoms with E-state index in [9.17, 15) is 4.79 Å². The second-order valence-corrected chi connectivity index (χ2v) is 6.47. The quantitative estimate of drug-likeness (QED) is 0.935. The lowest BCUT2D eigenvalue weighted by Crippen LogP contribution is -2.47. The van der Waals surface area contributed by atoms with E-state index in [4.69, 9.17) is 11.6 Å². The third kappa shape index (κ3) is 4.12. The highest BCUT2D eigenvalue weighted by Gasteiger charge is 2.23. The van der Waals surface area contributed by atoms with Crippen LogP contribution in [0.15, 0.2) is 36.8 Å². The maximum atomic E-state index is 12.2. The predicted octanol–water partition coefficient (Wildman–Crippen LogP) is 2.47. The Morgan fingerprint density at radius 3 is 3.00 bits per heavy atom. The van der Waals surface area contributed by atoms with Crippen LogP contribution in [-0.2, 0) is 13.6 Å². The summed E-state index contributed by atoms with van der Waals surface area (Å²) in [5, 5.41) is 3.89. The lowest BCUT2D eigenvalue weighted by molar-refractivity contribution is 0.0896. The molecular weight excluding hydrogens is 312 g/mol. The van der Waals surface area contributed by atoms with Gasteiger partial charge in [-0.3, -0.25) is 9.69 Å². The molecule has 0 saturated carbocycles. The Balaban J connectivity index is 1.58. The Morgan fingerprint density at radius 1 is 1.43 bits per heavy atom. The van der Waals surface area contributed by atoms with Gasteiger partial charge in [-0.15, -0.1) is 0 Å². The summed E-state index contributed by atoms with van der Waals surface area (Å²) in [4.78, 5) is 18.7. The molecule has 1 atom stereocenters. The molecule has 6 heteroatoms. The first kappa shape index (κ1) is 16.0. The molecule has 2 heterocycles. The van der Waals surface area contributed by atoms with E-state index in [0.717, 1.165) is 43.1 Å². The van der Waals surface area contributed by atoms with Gasteiger partial charge in [0.25, 0.3) is 5.91 Å². The van der Waals surface area contributed by atoms with Crippen molar-refractivity contribution in [2.45, 2.75) is 25.4 Å². The average molecular weight is 333 g/mol. The van der Waals surface area contributed by atoms with Crippen LogP contribution in [0.25, 0.3) is 0 Å². The first-order valence-corrected chi connectivity index (χ1v) is 8.24. The second kappa shape index (κ2) is 7.15. The van der Waals surface area contributed by atoms with Crippen LogP contribution in [0.3, 0.4) is 0 Å². The molecule has 0 aliphatic carbocycles. The molecule has 0 radical (unpaired) electrons. The van der Waals surface area contributed by atoms with E-state index in [1.807, 2.05) is 25.2 Å². The molecule has 1 fully saturated rings. The van der Waals surface area contributed by atoms with Crippen LogP contribution in [0.5, 0.6) is 0 Å². The van der Waals surface area contributed by atoms with Gasteiger partial charge in [0, 0.05) is 37.4 Å². The van der Waals surface area contributed by atoms with Crippen LogP contribution in [0.1, 0.15) is 28.9 Å². The highest BCUT2D eigenvalue weighted by Crippen LogP contribution is 2.19. The molecule has 0 spiro atoms. The van der Waals surface area contributed by atoms with Gasteiger partial charge in [-0.2, -0.15) is 0 Å². The Kier molecular flexibility index (Phi) is 4.98. The number of likely N-dealkylation sites (tertiary alicyclic amines) is 1. The number of piperidine rings is 1. The molecule has 1 N–H and O–H groups in total. The number of carbonyl (C=O) groups excluding carboxylic acids is 1. The SMILES string of the molecule is Cn1cnc(C(=O)NC2CCCN(Cc3ccccc3Cl)C2)c1. The van der Waals surface area contributed by atoms with Crippen LogP contribution in [0.2, 0.25) is 5.02 Å². The molecule has 2 aromatic rings. The number of amides is 1. The van der Waals surface area contributed by atoms with Crippen LogP contribution < -0.4 is 5.32 Å². The van der Waals surface area contributed by atoms with Crippen molar-refractivity contribution in [3.05, 3.63) is 53.1 Å². The minimum Gasteiger partial charge on any atom is -0.347 e. The highest BCUT2D eigenvalue weighted by molar-refractivity contribution is 6.31.